The Balaban J connectivity index is 1.97. The fraction of sp³-hybridized carbons (Fsp3) is 0. The van der Waals surface area contributed by atoms with Crippen molar-refractivity contribution < 1.29 is 0 Å². The lowest BCUT2D eigenvalue weighted by Crippen LogP contribution is -1.95. The fourth-order valence-electron chi connectivity index (χ4n) is 3.62. The predicted octanol–water partition coefficient (Wildman–Crippen LogP) is 4.43. The smallest absolute Gasteiger partial charge is 0.198 e. The maximum absolute atomic E-state index is 4.80. The van der Waals surface area contributed by atoms with Gasteiger partial charge in [-0.15, -0.1) is 0 Å². The molecule has 0 aliphatic rings. The molecular formula is C21H11N5. The van der Waals surface area contributed by atoms with Gasteiger partial charge >= 0.3 is 0 Å². The Hall–Kier alpha value is -3.73. The van der Waals surface area contributed by atoms with Crippen molar-refractivity contribution in [1.82, 2.24) is 24.9 Å². The molecule has 26 heavy (non-hydrogen) atoms. The monoisotopic (exact) mass is 333 g/mol. The van der Waals surface area contributed by atoms with Crippen molar-refractivity contribution >= 4 is 54.8 Å². The van der Waals surface area contributed by atoms with Crippen molar-refractivity contribution in [3.05, 3.63) is 67.1 Å². The van der Waals surface area contributed by atoms with Crippen LogP contribution < -0.4 is 0 Å². The van der Waals surface area contributed by atoms with E-state index in [0.29, 0.717) is 11.3 Å². The van der Waals surface area contributed by atoms with Crippen molar-refractivity contribution in [2.24, 2.45) is 0 Å². The maximum atomic E-state index is 4.80. The van der Waals surface area contributed by atoms with Gasteiger partial charge in [0.1, 0.15) is 11.0 Å². The van der Waals surface area contributed by atoms with Crippen LogP contribution in [0, 0.1) is 0 Å². The van der Waals surface area contributed by atoms with E-state index in [1.165, 1.54) is 5.39 Å². The van der Waals surface area contributed by atoms with Gasteiger partial charge in [-0.2, -0.15) is 0 Å². The van der Waals surface area contributed by atoms with Gasteiger partial charge in [-0.05, 0) is 35.0 Å². The lowest BCUT2D eigenvalue weighted by Gasteiger charge is -2.10. The van der Waals surface area contributed by atoms with E-state index in [0.717, 1.165) is 38.1 Å². The summed E-state index contributed by atoms with van der Waals surface area (Å²) >= 11 is 0. The second-order valence-corrected chi connectivity index (χ2v) is 6.27. The minimum Gasteiger partial charge on any atom is -0.256 e. The molecule has 0 fully saturated rings. The SMILES string of the molecule is c1ccc2cc3c(cc2c1)c1ncccc1c1nc2nccnc2nc31. The zero-order chi connectivity index (χ0) is 17.1. The van der Waals surface area contributed by atoms with Crippen LogP contribution in [0.4, 0.5) is 0 Å². The average molecular weight is 333 g/mol. The molecule has 120 valence electrons. The van der Waals surface area contributed by atoms with Crippen molar-refractivity contribution in [3.8, 4) is 0 Å². The Morgan fingerprint density at radius 1 is 0.500 bits per heavy atom. The molecule has 0 N–H and O–H groups in total. The number of hydrogen-bond donors (Lipinski definition) is 0. The molecule has 0 saturated carbocycles. The molecule has 0 aliphatic heterocycles. The van der Waals surface area contributed by atoms with Gasteiger partial charge in [-0.1, -0.05) is 24.3 Å². The lowest BCUT2D eigenvalue weighted by atomic mass is 9.99. The van der Waals surface area contributed by atoms with E-state index in [-0.39, 0.29) is 0 Å². The summed E-state index contributed by atoms with van der Waals surface area (Å²) in [4.78, 5) is 22.8. The van der Waals surface area contributed by atoms with Gasteiger partial charge in [-0.3, -0.25) is 4.98 Å². The second kappa shape index (κ2) is 4.89. The van der Waals surface area contributed by atoms with Crippen LogP contribution in [0.5, 0.6) is 0 Å². The molecule has 3 aromatic heterocycles. The fourth-order valence-corrected chi connectivity index (χ4v) is 3.62. The standard InChI is InChI=1S/C21H11N5/c1-2-5-13-11-16-15(10-12(13)4-1)17-14(6-3-7-22-17)18-19(16)26-21-20(25-18)23-8-9-24-21/h1-11H. The second-order valence-electron chi connectivity index (χ2n) is 6.27. The first kappa shape index (κ1) is 13.5. The summed E-state index contributed by atoms with van der Waals surface area (Å²) in [5.41, 5.74) is 3.67. The van der Waals surface area contributed by atoms with Gasteiger partial charge in [0.15, 0.2) is 11.3 Å². The molecule has 3 aromatic carbocycles. The minimum absolute atomic E-state index is 0.547. The molecule has 0 atom stereocenters. The van der Waals surface area contributed by atoms with E-state index in [1.807, 2.05) is 30.5 Å². The quantitative estimate of drug-likeness (QED) is 0.304. The normalized spacial score (nSPS) is 11.8. The largest absolute Gasteiger partial charge is 0.256 e. The first-order valence-electron chi connectivity index (χ1n) is 8.36. The van der Waals surface area contributed by atoms with Gasteiger partial charge in [-0.25, -0.2) is 19.9 Å². The van der Waals surface area contributed by atoms with Gasteiger partial charge in [0.2, 0.25) is 0 Å². The number of nitrogens with zero attached hydrogens (tertiary/aromatic N) is 5. The molecule has 6 aromatic rings. The molecule has 0 unspecified atom stereocenters. The predicted molar refractivity (Wildman–Crippen MR) is 103 cm³/mol. The molecule has 5 heteroatoms. The van der Waals surface area contributed by atoms with Crippen molar-refractivity contribution in [2.75, 3.05) is 0 Å². The van der Waals surface area contributed by atoms with Crippen LogP contribution in [-0.2, 0) is 0 Å². The third-order valence-corrected chi connectivity index (χ3v) is 4.78. The Kier molecular flexibility index (Phi) is 2.55. The summed E-state index contributed by atoms with van der Waals surface area (Å²) in [6, 6.07) is 16.6. The number of fused-ring (bicyclic) bond motifs is 8. The molecule has 0 spiro atoms. The van der Waals surface area contributed by atoms with Crippen LogP contribution in [0.15, 0.2) is 67.1 Å². The molecule has 0 aliphatic carbocycles. The number of pyridine rings is 1. The Bertz CT molecular complexity index is 1380. The zero-order valence-corrected chi connectivity index (χ0v) is 13.6. The van der Waals surface area contributed by atoms with Crippen LogP contribution in [0.1, 0.15) is 0 Å². The van der Waals surface area contributed by atoms with Crippen LogP contribution in [0.25, 0.3) is 54.8 Å². The van der Waals surface area contributed by atoms with E-state index in [4.69, 9.17) is 9.97 Å². The molecule has 0 amide bonds. The molecule has 0 radical (unpaired) electrons. The van der Waals surface area contributed by atoms with E-state index in [2.05, 4.69) is 39.2 Å². The maximum Gasteiger partial charge on any atom is 0.198 e. The van der Waals surface area contributed by atoms with Crippen LogP contribution in [0.2, 0.25) is 0 Å². The van der Waals surface area contributed by atoms with E-state index in [1.54, 1.807) is 12.4 Å². The van der Waals surface area contributed by atoms with E-state index < -0.39 is 0 Å². The summed E-state index contributed by atoms with van der Waals surface area (Å²) in [7, 11) is 0. The van der Waals surface area contributed by atoms with E-state index >= 15 is 0 Å². The zero-order valence-electron chi connectivity index (χ0n) is 13.6. The summed E-state index contributed by atoms with van der Waals surface area (Å²) < 4.78 is 0. The third kappa shape index (κ3) is 1.77. The molecule has 6 rings (SSSR count). The van der Waals surface area contributed by atoms with E-state index in [9.17, 15) is 0 Å². The summed E-state index contributed by atoms with van der Waals surface area (Å²) in [6.45, 7) is 0. The van der Waals surface area contributed by atoms with Crippen LogP contribution >= 0.6 is 0 Å². The molecule has 0 bridgehead atoms. The molecular weight excluding hydrogens is 322 g/mol. The third-order valence-electron chi connectivity index (χ3n) is 4.78. The minimum atomic E-state index is 0.547. The highest BCUT2D eigenvalue weighted by molar-refractivity contribution is 6.24. The summed E-state index contributed by atoms with van der Waals surface area (Å²) in [5, 5.41) is 5.43. The summed E-state index contributed by atoms with van der Waals surface area (Å²) in [6.07, 6.45) is 5.10. The number of aromatic nitrogens is 5. The van der Waals surface area contributed by atoms with Crippen molar-refractivity contribution in [2.45, 2.75) is 0 Å². The molecule has 5 nitrogen and oxygen atoms in total. The number of rotatable bonds is 0. The Morgan fingerprint density at radius 3 is 1.81 bits per heavy atom. The van der Waals surface area contributed by atoms with Gasteiger partial charge in [0, 0.05) is 34.7 Å². The highest BCUT2D eigenvalue weighted by Gasteiger charge is 2.14. The topological polar surface area (TPSA) is 64.5 Å². The van der Waals surface area contributed by atoms with Crippen molar-refractivity contribution in [3.63, 3.8) is 0 Å². The van der Waals surface area contributed by atoms with Gasteiger partial charge in [0.25, 0.3) is 0 Å². The lowest BCUT2D eigenvalue weighted by molar-refractivity contribution is 1.20. The molecule has 3 heterocycles. The van der Waals surface area contributed by atoms with Crippen LogP contribution in [0.3, 0.4) is 0 Å². The first-order chi connectivity index (χ1) is 12.9. The first-order valence-corrected chi connectivity index (χ1v) is 8.36. The van der Waals surface area contributed by atoms with Crippen LogP contribution in [-0.4, -0.2) is 24.9 Å². The summed E-state index contributed by atoms with van der Waals surface area (Å²) in [5.74, 6) is 0. The molecule has 0 saturated heterocycles. The van der Waals surface area contributed by atoms with Gasteiger partial charge in [0.05, 0.1) is 5.52 Å². The average Bonchev–Trinajstić information content (AvgIpc) is 2.71. The highest BCUT2D eigenvalue weighted by atomic mass is 15.0. The Morgan fingerprint density at radius 2 is 1.12 bits per heavy atom. The Labute approximate surface area is 147 Å². The van der Waals surface area contributed by atoms with Crippen molar-refractivity contribution in [1.29, 1.82) is 0 Å². The number of benzene rings is 3. The highest BCUT2D eigenvalue weighted by Crippen LogP contribution is 2.34. The number of hydrogen-bond acceptors (Lipinski definition) is 5. The van der Waals surface area contributed by atoms with Gasteiger partial charge < -0.3 is 0 Å².